The van der Waals surface area contributed by atoms with Crippen LogP contribution in [0, 0.1) is 5.82 Å². The van der Waals surface area contributed by atoms with Crippen LogP contribution >= 0.6 is 0 Å². The summed E-state index contributed by atoms with van der Waals surface area (Å²) in [6, 6.07) is 8.06. The predicted octanol–water partition coefficient (Wildman–Crippen LogP) is 4.84. The van der Waals surface area contributed by atoms with Crippen molar-refractivity contribution < 1.29 is 23.0 Å². The summed E-state index contributed by atoms with van der Waals surface area (Å²) >= 11 is 0. The fourth-order valence-electron chi connectivity index (χ4n) is 4.37. The summed E-state index contributed by atoms with van der Waals surface area (Å²) in [6.07, 6.45) is 5.88. The van der Waals surface area contributed by atoms with Crippen LogP contribution in [0.4, 0.5) is 13.2 Å². The van der Waals surface area contributed by atoms with Crippen molar-refractivity contribution >= 4 is 5.65 Å². The minimum atomic E-state index is -2.93. The third kappa shape index (κ3) is 3.82. The maximum absolute atomic E-state index is 15.0. The predicted molar refractivity (Wildman–Crippen MR) is 115 cm³/mol. The van der Waals surface area contributed by atoms with Crippen LogP contribution in [0.2, 0.25) is 0 Å². The van der Waals surface area contributed by atoms with Gasteiger partial charge in [-0.1, -0.05) is 18.2 Å². The fourth-order valence-corrected chi connectivity index (χ4v) is 4.37. The Morgan fingerprint density at radius 1 is 1.18 bits per heavy atom. The molecule has 0 spiro atoms. The molecule has 0 saturated carbocycles. The quantitative estimate of drug-likeness (QED) is 0.467. The highest BCUT2D eigenvalue weighted by Crippen LogP contribution is 2.42. The van der Waals surface area contributed by atoms with Gasteiger partial charge in [0, 0.05) is 47.3 Å². The first-order valence-electron chi connectivity index (χ1n) is 10.5. The van der Waals surface area contributed by atoms with Gasteiger partial charge < -0.3 is 14.2 Å². The molecule has 0 saturated heterocycles. The lowest BCUT2D eigenvalue weighted by atomic mass is 9.95. The Bertz CT molecular complexity index is 1330. The number of fused-ring (bicyclic) bond motifs is 3. The molecular formula is C24H21F3N4O2. The number of aryl methyl sites for hydroxylation is 1. The number of aromatic nitrogens is 4. The number of para-hydroxylation sites is 1. The molecule has 0 unspecified atom stereocenters. The van der Waals surface area contributed by atoms with Crippen molar-refractivity contribution in [3.05, 3.63) is 77.5 Å². The normalized spacial score (nSPS) is 15.9. The van der Waals surface area contributed by atoms with Crippen LogP contribution in [0.1, 0.15) is 49.0 Å². The highest BCUT2D eigenvalue weighted by molar-refractivity contribution is 5.65. The summed E-state index contributed by atoms with van der Waals surface area (Å²) in [5.41, 5.74) is 2.21. The molecule has 1 aromatic carbocycles. The molecule has 1 aliphatic rings. The molecule has 1 N–H and O–H groups in total. The fraction of sp³-hybridized carbons (Fsp3) is 0.292. The van der Waals surface area contributed by atoms with Gasteiger partial charge in [-0.25, -0.2) is 19.3 Å². The number of nitrogens with zero attached hydrogens (tertiary/aromatic N) is 4. The number of pyridine rings is 1. The highest BCUT2D eigenvalue weighted by Gasteiger charge is 2.32. The van der Waals surface area contributed by atoms with E-state index in [0.29, 0.717) is 29.6 Å². The number of ether oxygens (including phenoxy) is 1. The van der Waals surface area contributed by atoms with Gasteiger partial charge >= 0.3 is 6.61 Å². The van der Waals surface area contributed by atoms with E-state index in [1.807, 2.05) is 0 Å². The zero-order valence-electron chi connectivity index (χ0n) is 18.0. The Morgan fingerprint density at radius 2 is 1.91 bits per heavy atom. The molecule has 1 aliphatic carbocycles. The van der Waals surface area contributed by atoms with Gasteiger partial charge in [-0.2, -0.15) is 8.78 Å². The summed E-state index contributed by atoms with van der Waals surface area (Å²) in [5, 5.41) is 10.1. The van der Waals surface area contributed by atoms with Crippen molar-refractivity contribution in [2.75, 3.05) is 0 Å². The maximum atomic E-state index is 15.0. The Balaban J connectivity index is 1.61. The number of imidazole rings is 1. The van der Waals surface area contributed by atoms with Crippen LogP contribution in [-0.2, 0) is 12.0 Å². The van der Waals surface area contributed by atoms with E-state index in [-0.39, 0.29) is 23.1 Å². The molecule has 0 fully saturated rings. The summed E-state index contributed by atoms with van der Waals surface area (Å²) in [5.74, 6) is -0.356. The number of rotatable bonds is 5. The van der Waals surface area contributed by atoms with E-state index in [1.54, 1.807) is 42.6 Å². The Labute approximate surface area is 187 Å². The van der Waals surface area contributed by atoms with Gasteiger partial charge in [-0.05, 0) is 32.8 Å². The van der Waals surface area contributed by atoms with Gasteiger partial charge in [-0.15, -0.1) is 0 Å². The second kappa shape index (κ2) is 7.84. The van der Waals surface area contributed by atoms with Gasteiger partial charge in [0.25, 0.3) is 0 Å². The zero-order chi connectivity index (χ0) is 23.3. The lowest BCUT2D eigenvalue weighted by Gasteiger charge is -2.17. The van der Waals surface area contributed by atoms with Gasteiger partial charge in [-0.3, -0.25) is 0 Å². The van der Waals surface area contributed by atoms with E-state index in [9.17, 15) is 18.3 Å². The molecule has 3 aromatic heterocycles. The highest BCUT2D eigenvalue weighted by atomic mass is 19.3. The number of benzene rings is 1. The van der Waals surface area contributed by atoms with Gasteiger partial charge in [0.1, 0.15) is 22.8 Å². The molecule has 0 bridgehead atoms. The molecular weight excluding hydrogens is 433 g/mol. The molecule has 3 heterocycles. The molecule has 33 heavy (non-hydrogen) atoms. The zero-order valence-corrected chi connectivity index (χ0v) is 18.0. The molecule has 0 amide bonds. The van der Waals surface area contributed by atoms with Gasteiger partial charge in [0.2, 0.25) is 0 Å². The first-order chi connectivity index (χ1) is 15.7. The summed E-state index contributed by atoms with van der Waals surface area (Å²) in [7, 11) is 0. The molecule has 1 atom stereocenters. The van der Waals surface area contributed by atoms with Crippen molar-refractivity contribution in [2.45, 2.75) is 44.8 Å². The second-order valence-electron chi connectivity index (χ2n) is 8.57. The van der Waals surface area contributed by atoms with E-state index < -0.39 is 18.0 Å². The SMILES string of the molecule is CC(C)(O)c1ncc(-c2cn3c4c(nc3cc2F)CC[C@@H]4c2ccccc2OC(F)F)cn1. The molecule has 6 nitrogen and oxygen atoms in total. The van der Waals surface area contributed by atoms with Crippen LogP contribution < -0.4 is 4.74 Å². The number of hydrogen-bond acceptors (Lipinski definition) is 5. The first-order valence-corrected chi connectivity index (χ1v) is 10.5. The number of aliphatic hydroxyl groups is 1. The van der Waals surface area contributed by atoms with E-state index in [1.165, 1.54) is 24.5 Å². The number of hydrogen-bond donors (Lipinski definition) is 1. The van der Waals surface area contributed by atoms with Crippen molar-refractivity contribution in [2.24, 2.45) is 0 Å². The van der Waals surface area contributed by atoms with Gasteiger partial charge in [0.15, 0.2) is 5.82 Å². The van der Waals surface area contributed by atoms with Crippen molar-refractivity contribution in [3.63, 3.8) is 0 Å². The van der Waals surface area contributed by atoms with E-state index >= 15 is 0 Å². The number of halogens is 3. The van der Waals surface area contributed by atoms with Crippen LogP contribution in [0.3, 0.4) is 0 Å². The van der Waals surface area contributed by atoms with Crippen molar-refractivity contribution in [1.29, 1.82) is 0 Å². The third-order valence-corrected chi connectivity index (χ3v) is 5.84. The summed E-state index contributed by atoms with van der Waals surface area (Å²) < 4.78 is 47.4. The van der Waals surface area contributed by atoms with Crippen LogP contribution in [0.15, 0.2) is 48.9 Å². The monoisotopic (exact) mass is 454 g/mol. The largest absolute Gasteiger partial charge is 0.435 e. The average Bonchev–Trinajstić information content (AvgIpc) is 3.31. The standard InChI is InChI=1S/C24H21F3N4O2/c1-24(2,32)22-28-10-13(11-29-22)16-12-31-20(9-17(16)25)30-18-8-7-15(21(18)31)14-5-3-4-6-19(14)33-23(26)27/h3-6,9-12,15,23,32H,7-8H2,1-2H3/t15-/m1/s1. The molecule has 9 heteroatoms. The Hall–Kier alpha value is -3.46. The van der Waals surface area contributed by atoms with Crippen LogP contribution in [-0.4, -0.2) is 31.1 Å². The molecule has 4 aromatic rings. The average molecular weight is 454 g/mol. The van der Waals surface area contributed by atoms with E-state index in [0.717, 1.165) is 11.4 Å². The molecule has 0 aliphatic heterocycles. The Morgan fingerprint density at radius 3 is 2.61 bits per heavy atom. The second-order valence-corrected chi connectivity index (χ2v) is 8.57. The van der Waals surface area contributed by atoms with Crippen molar-refractivity contribution in [1.82, 2.24) is 19.4 Å². The Kier molecular flexibility index (Phi) is 5.08. The minimum absolute atomic E-state index is 0.123. The smallest absolute Gasteiger partial charge is 0.387 e. The molecule has 170 valence electrons. The summed E-state index contributed by atoms with van der Waals surface area (Å²) in [4.78, 5) is 12.9. The van der Waals surface area contributed by atoms with E-state index in [2.05, 4.69) is 15.0 Å². The lowest BCUT2D eigenvalue weighted by molar-refractivity contribution is -0.0505. The number of alkyl halides is 2. The van der Waals surface area contributed by atoms with E-state index in [4.69, 9.17) is 4.74 Å². The van der Waals surface area contributed by atoms with Crippen LogP contribution in [0.5, 0.6) is 5.75 Å². The van der Waals surface area contributed by atoms with Gasteiger partial charge in [0.05, 0.1) is 11.4 Å². The van der Waals surface area contributed by atoms with Crippen molar-refractivity contribution in [3.8, 4) is 16.9 Å². The van der Waals surface area contributed by atoms with Crippen LogP contribution in [0.25, 0.3) is 16.8 Å². The third-order valence-electron chi connectivity index (χ3n) is 5.84. The minimum Gasteiger partial charge on any atom is -0.435 e. The first kappa shape index (κ1) is 21.4. The topological polar surface area (TPSA) is 72.5 Å². The maximum Gasteiger partial charge on any atom is 0.387 e. The summed E-state index contributed by atoms with van der Waals surface area (Å²) in [6.45, 7) is 0.208. The lowest BCUT2D eigenvalue weighted by Crippen LogP contribution is -2.19. The molecule has 0 radical (unpaired) electrons. The molecule has 5 rings (SSSR count).